The first kappa shape index (κ1) is 31.9. The molecule has 0 unspecified atom stereocenters. The number of methoxy groups -OCH3 is 1. The van der Waals surface area contributed by atoms with E-state index in [0.717, 1.165) is 41.5 Å². The number of halogens is 3. The van der Waals surface area contributed by atoms with Gasteiger partial charge in [0.2, 0.25) is 0 Å². The van der Waals surface area contributed by atoms with E-state index in [-0.39, 0.29) is 31.3 Å². The van der Waals surface area contributed by atoms with Gasteiger partial charge in [-0.05, 0) is 0 Å². The van der Waals surface area contributed by atoms with Crippen molar-refractivity contribution >= 4 is 19.4 Å². The maximum atomic E-state index is 13.6. The molecule has 0 aromatic heterocycles. The Morgan fingerprint density at radius 1 is 1.02 bits per heavy atom. The van der Waals surface area contributed by atoms with Crippen molar-refractivity contribution in [1.29, 1.82) is 0 Å². The van der Waals surface area contributed by atoms with Crippen molar-refractivity contribution in [3.8, 4) is 0 Å². The van der Waals surface area contributed by atoms with Gasteiger partial charge in [0.25, 0.3) is 0 Å². The van der Waals surface area contributed by atoms with Gasteiger partial charge in [-0.1, -0.05) is 0 Å². The van der Waals surface area contributed by atoms with Crippen LogP contribution in [0.4, 0.5) is 13.2 Å². The summed E-state index contributed by atoms with van der Waals surface area (Å²) in [6.07, 6.45) is 8.05. The van der Waals surface area contributed by atoms with E-state index in [0.29, 0.717) is 29.6 Å². The number of alkyl halides is 3. The van der Waals surface area contributed by atoms with Gasteiger partial charge in [0.1, 0.15) is 0 Å². The molecule has 4 saturated carbocycles. The van der Waals surface area contributed by atoms with E-state index < -0.39 is 17.3 Å². The molecule has 1 aromatic rings. The number of fused-ring (bicyclic) bond motifs is 5. The first-order valence-electron chi connectivity index (χ1n) is 16.3. The van der Waals surface area contributed by atoms with Gasteiger partial charge in [0, 0.05) is 0 Å². The Labute approximate surface area is 253 Å². The summed E-state index contributed by atoms with van der Waals surface area (Å²) >= 11 is -0.256. The standard InChI is InChI=1S/C35H53F3O2Se/c1-22(2)9-7-10-23(3)28-13-14-29-27-20-31(41-26-12-8-11-24(19-26)35(36,37)38)34(39)21-25(40-6)15-18-33(34,5)30(27)16-17-32(28,29)4/h8,11-12,19,22-23,25,27-31,39H,7,9-10,13-18,20-21H2,1-6H3/t23-,25+,27+,28-,29+,30+,31-,32-,33-,34+/m1/s1. The first-order chi connectivity index (χ1) is 19.2. The number of aliphatic hydroxyl groups is 1. The van der Waals surface area contributed by atoms with Crippen LogP contribution in [0.15, 0.2) is 24.3 Å². The van der Waals surface area contributed by atoms with Crippen LogP contribution in [0.2, 0.25) is 4.82 Å². The van der Waals surface area contributed by atoms with Crippen LogP contribution >= 0.6 is 0 Å². The van der Waals surface area contributed by atoms with E-state index in [1.807, 2.05) is 6.07 Å². The van der Waals surface area contributed by atoms with Crippen molar-refractivity contribution in [2.24, 2.45) is 46.3 Å². The fourth-order valence-corrected chi connectivity index (χ4v) is 13.8. The Morgan fingerprint density at radius 3 is 2.46 bits per heavy atom. The molecule has 10 atom stereocenters. The zero-order chi connectivity index (χ0) is 29.8. The van der Waals surface area contributed by atoms with Gasteiger partial charge >= 0.3 is 254 Å². The second-order valence-electron chi connectivity index (χ2n) is 15.2. The Hall–Kier alpha value is -0.551. The van der Waals surface area contributed by atoms with Crippen LogP contribution in [-0.2, 0) is 10.9 Å². The third kappa shape index (κ3) is 5.71. The van der Waals surface area contributed by atoms with Gasteiger partial charge in [0.05, 0.1) is 0 Å². The summed E-state index contributed by atoms with van der Waals surface area (Å²) in [5.74, 6) is 3.93. The predicted molar refractivity (Wildman–Crippen MR) is 161 cm³/mol. The third-order valence-electron chi connectivity index (χ3n) is 12.8. The van der Waals surface area contributed by atoms with E-state index >= 15 is 0 Å². The van der Waals surface area contributed by atoms with Crippen LogP contribution in [0.1, 0.15) is 111 Å². The average molecular weight is 642 g/mol. The first-order valence-corrected chi connectivity index (χ1v) is 18.2. The summed E-state index contributed by atoms with van der Waals surface area (Å²) in [6.45, 7) is 12.1. The molecule has 0 heterocycles. The van der Waals surface area contributed by atoms with Crippen LogP contribution < -0.4 is 4.46 Å². The molecule has 0 aliphatic heterocycles. The second-order valence-corrected chi connectivity index (χ2v) is 17.9. The Bertz CT molecular complexity index is 1060. The molecule has 2 nitrogen and oxygen atoms in total. The molecular weight excluding hydrogens is 588 g/mol. The summed E-state index contributed by atoms with van der Waals surface area (Å²) in [7, 11) is 1.74. The molecule has 41 heavy (non-hydrogen) atoms. The van der Waals surface area contributed by atoms with Gasteiger partial charge in [-0.15, -0.1) is 0 Å². The number of hydrogen-bond donors (Lipinski definition) is 1. The molecule has 0 bridgehead atoms. The molecule has 6 heteroatoms. The van der Waals surface area contributed by atoms with Crippen LogP contribution in [0.3, 0.4) is 0 Å². The van der Waals surface area contributed by atoms with E-state index in [2.05, 4.69) is 34.6 Å². The molecule has 0 amide bonds. The van der Waals surface area contributed by atoms with Crippen LogP contribution in [-0.4, -0.2) is 38.9 Å². The normalized spacial score (nSPS) is 41.5. The number of ether oxygens (including phenoxy) is 1. The Kier molecular flexibility index (Phi) is 9.13. The molecule has 4 aliphatic carbocycles. The van der Waals surface area contributed by atoms with Crippen LogP contribution in [0, 0.1) is 46.3 Å². The molecule has 0 radical (unpaired) electrons. The third-order valence-corrected chi connectivity index (χ3v) is 15.7. The minimum atomic E-state index is -4.35. The van der Waals surface area contributed by atoms with E-state index in [1.165, 1.54) is 57.1 Å². The van der Waals surface area contributed by atoms with E-state index in [9.17, 15) is 18.3 Å². The Morgan fingerprint density at radius 2 is 1.78 bits per heavy atom. The van der Waals surface area contributed by atoms with Crippen molar-refractivity contribution in [3.05, 3.63) is 29.8 Å². The number of hydrogen-bond acceptors (Lipinski definition) is 2. The summed E-state index contributed by atoms with van der Waals surface area (Å²) in [6, 6.07) is 5.92. The van der Waals surface area contributed by atoms with Gasteiger partial charge in [-0.3, -0.25) is 0 Å². The molecule has 0 spiro atoms. The monoisotopic (exact) mass is 642 g/mol. The number of rotatable bonds is 8. The Balaban J connectivity index is 1.45. The van der Waals surface area contributed by atoms with Crippen molar-refractivity contribution in [3.63, 3.8) is 0 Å². The molecule has 5 rings (SSSR count). The summed E-state index contributed by atoms with van der Waals surface area (Å²) in [5, 5.41) is 12.7. The van der Waals surface area contributed by atoms with E-state index in [1.54, 1.807) is 13.2 Å². The van der Waals surface area contributed by atoms with E-state index in [4.69, 9.17) is 4.74 Å². The summed E-state index contributed by atoms with van der Waals surface area (Å²) in [4.78, 5) is -0.00690. The van der Waals surface area contributed by atoms with Crippen LogP contribution in [0.5, 0.6) is 0 Å². The van der Waals surface area contributed by atoms with Crippen molar-refractivity contribution < 1.29 is 23.0 Å². The zero-order valence-corrected chi connectivity index (χ0v) is 27.8. The van der Waals surface area contributed by atoms with Gasteiger partial charge < -0.3 is 0 Å². The van der Waals surface area contributed by atoms with Crippen molar-refractivity contribution in [2.75, 3.05) is 7.11 Å². The topological polar surface area (TPSA) is 29.5 Å². The molecule has 1 N–H and O–H groups in total. The van der Waals surface area contributed by atoms with Crippen molar-refractivity contribution in [1.82, 2.24) is 0 Å². The fraction of sp³-hybridized carbons (Fsp3) is 0.829. The second kappa shape index (κ2) is 11.8. The SMILES string of the molecule is CO[C@H]1CC[C@]2(C)[C@H]3CC[C@]4(C)[C@@H]([C@H](C)CCCC(C)C)CC[C@H]4[C@@H]3C[C@@H]([Se]c3cccc(C(F)(F)F)c3)[C@@]2(O)C1. The molecule has 232 valence electrons. The molecule has 4 fully saturated rings. The molecule has 0 saturated heterocycles. The summed E-state index contributed by atoms with van der Waals surface area (Å²) in [5.41, 5.74) is -1.37. The zero-order valence-electron chi connectivity index (χ0n) is 26.1. The van der Waals surface area contributed by atoms with Gasteiger partial charge in [0.15, 0.2) is 0 Å². The average Bonchev–Trinajstić information content (AvgIpc) is 3.26. The van der Waals surface area contributed by atoms with Gasteiger partial charge in [-0.25, -0.2) is 0 Å². The molecular formula is C35H53F3O2Se. The molecule has 4 aliphatic rings. The maximum absolute atomic E-state index is 13.6. The fourth-order valence-electron chi connectivity index (χ4n) is 10.5. The van der Waals surface area contributed by atoms with Crippen LogP contribution in [0.25, 0.3) is 0 Å². The quantitative estimate of drug-likeness (QED) is 0.288. The molecule has 1 aromatic carbocycles. The summed E-state index contributed by atoms with van der Waals surface area (Å²) < 4.78 is 47.4. The minimum absolute atomic E-state index is 0.00690. The van der Waals surface area contributed by atoms with Crippen molar-refractivity contribution in [2.45, 2.75) is 128 Å². The number of benzene rings is 1. The van der Waals surface area contributed by atoms with Gasteiger partial charge in [-0.2, -0.15) is 0 Å². The predicted octanol–water partition coefficient (Wildman–Crippen LogP) is 8.68.